The highest BCUT2D eigenvalue weighted by Gasteiger charge is 2.25. The molecule has 1 aromatic heterocycles. The number of aliphatic hydroxyl groups is 1. The van der Waals surface area contributed by atoms with Crippen LogP contribution in [-0.2, 0) is 0 Å². The van der Waals surface area contributed by atoms with Crippen molar-refractivity contribution in [1.82, 2.24) is 4.98 Å². The van der Waals surface area contributed by atoms with E-state index in [4.69, 9.17) is 0 Å². The normalized spacial score (nSPS) is 14.9. The molecule has 0 amide bonds. The van der Waals surface area contributed by atoms with Crippen LogP contribution in [-0.4, -0.2) is 21.1 Å². The van der Waals surface area contributed by atoms with Crippen LogP contribution in [0.1, 0.15) is 18.6 Å². The summed E-state index contributed by atoms with van der Waals surface area (Å²) in [5, 5.41) is 19.8. The molecule has 1 aromatic rings. The molecule has 1 N–H and O–H groups in total. The molecule has 5 nitrogen and oxygen atoms in total. The van der Waals surface area contributed by atoms with Gasteiger partial charge in [0.05, 0.1) is 0 Å². The van der Waals surface area contributed by atoms with E-state index in [0.717, 1.165) is 0 Å². The standard InChI is InChI=1S/C8H10N2O3/c1-6(10(12)13)8(11)7-3-2-4-9-5-7/h2-6,8,11H,1H3/t6-,8-/m1/s1. The van der Waals surface area contributed by atoms with E-state index in [-0.39, 0.29) is 0 Å². The third-order valence-corrected chi connectivity index (χ3v) is 1.82. The summed E-state index contributed by atoms with van der Waals surface area (Å²) in [5.74, 6) is 0. The molecule has 0 aromatic carbocycles. The Kier molecular flexibility index (Phi) is 2.92. The number of hydrogen-bond acceptors (Lipinski definition) is 4. The fourth-order valence-corrected chi connectivity index (χ4v) is 0.945. The van der Waals surface area contributed by atoms with Crippen LogP contribution in [0.3, 0.4) is 0 Å². The summed E-state index contributed by atoms with van der Waals surface area (Å²) >= 11 is 0. The molecule has 2 atom stereocenters. The van der Waals surface area contributed by atoms with Crippen LogP contribution in [0.25, 0.3) is 0 Å². The summed E-state index contributed by atoms with van der Waals surface area (Å²) in [5.41, 5.74) is 0.465. The van der Waals surface area contributed by atoms with Crippen molar-refractivity contribution < 1.29 is 10.0 Å². The lowest BCUT2D eigenvalue weighted by atomic mass is 10.1. The van der Waals surface area contributed by atoms with Gasteiger partial charge in [0.1, 0.15) is 6.10 Å². The average molecular weight is 182 g/mol. The largest absolute Gasteiger partial charge is 0.381 e. The Hall–Kier alpha value is -1.49. The summed E-state index contributed by atoms with van der Waals surface area (Å²) in [4.78, 5) is 13.6. The molecular weight excluding hydrogens is 172 g/mol. The van der Waals surface area contributed by atoms with Gasteiger partial charge in [-0.3, -0.25) is 15.1 Å². The Morgan fingerprint density at radius 2 is 2.38 bits per heavy atom. The van der Waals surface area contributed by atoms with Gasteiger partial charge in [-0.1, -0.05) is 6.07 Å². The molecule has 0 saturated carbocycles. The average Bonchev–Trinajstić information content (AvgIpc) is 2.17. The maximum absolute atomic E-state index is 10.3. The Labute approximate surface area is 75.2 Å². The first-order valence-corrected chi connectivity index (χ1v) is 3.84. The second-order valence-electron chi connectivity index (χ2n) is 2.76. The SMILES string of the molecule is C[C@H]([C@@H](O)c1cccnc1)[N+](=O)[O-]. The first-order chi connectivity index (χ1) is 6.13. The molecule has 13 heavy (non-hydrogen) atoms. The minimum atomic E-state index is -1.09. The molecule has 0 fully saturated rings. The van der Waals surface area contributed by atoms with E-state index in [0.29, 0.717) is 5.56 Å². The van der Waals surface area contributed by atoms with Crippen molar-refractivity contribution in [1.29, 1.82) is 0 Å². The molecule has 0 bridgehead atoms. The molecular formula is C8H10N2O3. The summed E-state index contributed by atoms with van der Waals surface area (Å²) in [7, 11) is 0. The van der Waals surface area contributed by atoms with Crippen LogP contribution in [0.5, 0.6) is 0 Å². The first-order valence-electron chi connectivity index (χ1n) is 3.84. The van der Waals surface area contributed by atoms with E-state index in [2.05, 4.69) is 4.98 Å². The molecule has 1 heterocycles. The second-order valence-corrected chi connectivity index (χ2v) is 2.76. The lowest BCUT2D eigenvalue weighted by molar-refractivity contribution is -0.531. The molecule has 0 aliphatic heterocycles. The smallest absolute Gasteiger partial charge is 0.240 e. The monoisotopic (exact) mass is 182 g/mol. The number of hydrogen-bond donors (Lipinski definition) is 1. The van der Waals surface area contributed by atoms with Crippen molar-refractivity contribution in [3.05, 3.63) is 40.2 Å². The Morgan fingerprint density at radius 1 is 1.69 bits per heavy atom. The molecule has 0 aliphatic carbocycles. The van der Waals surface area contributed by atoms with Crippen molar-refractivity contribution >= 4 is 0 Å². The van der Waals surface area contributed by atoms with Crippen molar-refractivity contribution in [2.45, 2.75) is 19.1 Å². The lowest BCUT2D eigenvalue weighted by Gasteiger charge is -2.11. The number of aliphatic hydroxyl groups excluding tert-OH is 1. The maximum Gasteiger partial charge on any atom is 0.240 e. The Balaban J connectivity index is 2.79. The number of aromatic nitrogens is 1. The third kappa shape index (κ3) is 2.22. The van der Waals surface area contributed by atoms with Crippen molar-refractivity contribution in [2.75, 3.05) is 0 Å². The van der Waals surface area contributed by atoms with Gasteiger partial charge in [-0.15, -0.1) is 0 Å². The van der Waals surface area contributed by atoms with E-state index in [1.54, 1.807) is 18.3 Å². The quantitative estimate of drug-likeness (QED) is 0.553. The van der Waals surface area contributed by atoms with E-state index in [1.807, 2.05) is 0 Å². The predicted molar refractivity (Wildman–Crippen MR) is 45.7 cm³/mol. The molecule has 70 valence electrons. The fraction of sp³-hybridized carbons (Fsp3) is 0.375. The number of pyridine rings is 1. The highest BCUT2D eigenvalue weighted by molar-refractivity contribution is 5.12. The van der Waals surface area contributed by atoms with E-state index in [9.17, 15) is 15.2 Å². The summed E-state index contributed by atoms with van der Waals surface area (Å²) in [6.45, 7) is 1.36. The van der Waals surface area contributed by atoms with Gasteiger partial charge < -0.3 is 5.11 Å². The molecule has 5 heteroatoms. The molecule has 0 saturated heterocycles. The van der Waals surface area contributed by atoms with Gasteiger partial charge in [-0.25, -0.2) is 0 Å². The number of nitrogens with zero attached hydrogens (tertiary/aromatic N) is 2. The summed E-state index contributed by atoms with van der Waals surface area (Å²) in [6.07, 6.45) is 1.88. The summed E-state index contributed by atoms with van der Waals surface area (Å²) in [6, 6.07) is 2.23. The van der Waals surface area contributed by atoms with Crippen molar-refractivity contribution in [2.24, 2.45) is 0 Å². The highest BCUT2D eigenvalue weighted by Crippen LogP contribution is 2.16. The zero-order valence-corrected chi connectivity index (χ0v) is 7.12. The fourth-order valence-electron chi connectivity index (χ4n) is 0.945. The van der Waals surface area contributed by atoms with Crippen LogP contribution in [0, 0.1) is 10.1 Å². The van der Waals surface area contributed by atoms with Gasteiger partial charge in [0.15, 0.2) is 0 Å². The van der Waals surface area contributed by atoms with Gasteiger partial charge in [-0.2, -0.15) is 0 Å². The predicted octanol–water partition coefficient (Wildman–Crippen LogP) is 0.780. The highest BCUT2D eigenvalue weighted by atomic mass is 16.6. The second kappa shape index (κ2) is 3.95. The number of nitro groups is 1. The van der Waals surface area contributed by atoms with Crippen molar-refractivity contribution in [3.63, 3.8) is 0 Å². The minimum absolute atomic E-state index is 0.465. The Bertz CT molecular complexity index is 289. The van der Waals surface area contributed by atoms with Gasteiger partial charge in [0, 0.05) is 29.8 Å². The molecule has 1 rings (SSSR count). The van der Waals surface area contributed by atoms with Gasteiger partial charge >= 0.3 is 0 Å². The van der Waals surface area contributed by atoms with Crippen LogP contribution >= 0.6 is 0 Å². The van der Waals surface area contributed by atoms with Crippen molar-refractivity contribution in [3.8, 4) is 0 Å². The maximum atomic E-state index is 10.3. The van der Waals surface area contributed by atoms with E-state index >= 15 is 0 Å². The lowest BCUT2D eigenvalue weighted by Crippen LogP contribution is -2.23. The molecule has 0 spiro atoms. The number of rotatable bonds is 3. The van der Waals surface area contributed by atoms with Gasteiger partial charge in [0.25, 0.3) is 0 Å². The topological polar surface area (TPSA) is 76.3 Å². The van der Waals surface area contributed by atoms with Crippen LogP contribution < -0.4 is 0 Å². The van der Waals surface area contributed by atoms with Gasteiger partial charge in [0.2, 0.25) is 6.04 Å². The first kappa shape index (κ1) is 9.60. The van der Waals surface area contributed by atoms with E-state index < -0.39 is 17.1 Å². The van der Waals surface area contributed by atoms with Crippen LogP contribution in [0.4, 0.5) is 0 Å². The molecule has 0 aliphatic rings. The Morgan fingerprint density at radius 3 is 2.85 bits per heavy atom. The molecule has 0 unspecified atom stereocenters. The van der Waals surface area contributed by atoms with E-state index in [1.165, 1.54) is 13.1 Å². The van der Waals surface area contributed by atoms with Gasteiger partial charge in [-0.05, 0) is 6.07 Å². The van der Waals surface area contributed by atoms with Crippen LogP contribution in [0.15, 0.2) is 24.5 Å². The zero-order valence-electron chi connectivity index (χ0n) is 7.12. The zero-order chi connectivity index (χ0) is 9.84. The molecule has 0 radical (unpaired) electrons. The minimum Gasteiger partial charge on any atom is -0.381 e. The summed E-state index contributed by atoms with van der Waals surface area (Å²) < 4.78 is 0. The van der Waals surface area contributed by atoms with Crippen LogP contribution in [0.2, 0.25) is 0 Å². The third-order valence-electron chi connectivity index (χ3n) is 1.82.